The van der Waals surface area contributed by atoms with E-state index in [1.165, 1.54) is 22.9 Å². The van der Waals surface area contributed by atoms with Crippen LogP contribution < -0.4 is 4.90 Å². The fourth-order valence-corrected chi connectivity index (χ4v) is 2.85. The molecule has 0 unspecified atom stereocenters. The maximum absolute atomic E-state index is 12.5. The largest absolute Gasteiger partial charge is 0.310 e. The molecular formula is C16H12ClN5OS. The first-order valence-corrected chi connectivity index (χ1v) is 8.13. The molecule has 1 amide bonds. The van der Waals surface area contributed by atoms with Crippen molar-refractivity contribution < 1.29 is 4.79 Å². The summed E-state index contributed by atoms with van der Waals surface area (Å²) in [4.78, 5) is 30.5. The van der Waals surface area contributed by atoms with Crippen LogP contribution in [0.5, 0.6) is 0 Å². The lowest BCUT2D eigenvalue weighted by Crippen LogP contribution is -2.26. The zero-order valence-corrected chi connectivity index (χ0v) is 14.2. The van der Waals surface area contributed by atoms with Gasteiger partial charge in [0, 0.05) is 31.8 Å². The molecule has 0 atom stereocenters. The second-order valence-corrected chi connectivity index (χ2v) is 6.08. The second kappa shape index (κ2) is 7.37. The summed E-state index contributed by atoms with van der Waals surface area (Å²) in [6, 6.07) is 6.89. The number of nitrogens with zero attached hydrogens (tertiary/aromatic N) is 5. The third-order valence-corrected chi connectivity index (χ3v) is 4.43. The third kappa shape index (κ3) is 3.69. The summed E-state index contributed by atoms with van der Waals surface area (Å²) in [6.45, 7) is 0. The molecule has 0 aliphatic rings. The summed E-state index contributed by atoms with van der Waals surface area (Å²) >= 11 is 7.49. The average Bonchev–Trinajstić information content (AvgIpc) is 2.64. The van der Waals surface area contributed by atoms with Crippen LogP contribution in [0.1, 0.15) is 10.4 Å². The van der Waals surface area contributed by atoms with E-state index in [1.807, 2.05) is 0 Å². The van der Waals surface area contributed by atoms with E-state index in [9.17, 15) is 4.79 Å². The van der Waals surface area contributed by atoms with Crippen LogP contribution in [-0.2, 0) is 0 Å². The molecule has 120 valence electrons. The second-order valence-electron chi connectivity index (χ2n) is 4.72. The zero-order chi connectivity index (χ0) is 16.9. The molecule has 0 fully saturated rings. The number of hydrogen-bond acceptors (Lipinski definition) is 6. The van der Waals surface area contributed by atoms with Gasteiger partial charge in [-0.1, -0.05) is 11.6 Å². The van der Waals surface area contributed by atoms with Crippen molar-refractivity contribution in [2.75, 3.05) is 11.9 Å². The van der Waals surface area contributed by atoms with Crippen molar-refractivity contribution in [1.29, 1.82) is 0 Å². The fourth-order valence-electron chi connectivity index (χ4n) is 1.91. The number of aromatic nitrogens is 4. The lowest BCUT2D eigenvalue weighted by Gasteiger charge is -2.17. The fraction of sp³-hybridized carbons (Fsp3) is 0.0625. The summed E-state index contributed by atoms with van der Waals surface area (Å²) in [5.74, 6) is -0.218. The standard InChI is InChI=1S/C16H12ClN5OS/c1-22(12-4-2-5-18-10-12)15(23)11-8-13(17)14(21-9-11)24-16-19-6-3-7-20-16/h2-10H,1H3. The van der Waals surface area contributed by atoms with E-state index in [-0.39, 0.29) is 5.91 Å². The van der Waals surface area contributed by atoms with E-state index in [2.05, 4.69) is 19.9 Å². The lowest BCUT2D eigenvalue weighted by atomic mass is 10.2. The maximum Gasteiger partial charge on any atom is 0.259 e. The van der Waals surface area contributed by atoms with E-state index in [0.717, 1.165) is 0 Å². The number of amides is 1. The van der Waals surface area contributed by atoms with Crippen LogP contribution in [0, 0.1) is 0 Å². The van der Waals surface area contributed by atoms with Gasteiger partial charge in [-0.25, -0.2) is 15.0 Å². The summed E-state index contributed by atoms with van der Waals surface area (Å²) in [5, 5.41) is 1.46. The van der Waals surface area contributed by atoms with Gasteiger partial charge in [0.1, 0.15) is 5.03 Å². The van der Waals surface area contributed by atoms with Crippen molar-refractivity contribution in [2.24, 2.45) is 0 Å². The van der Waals surface area contributed by atoms with Crippen molar-refractivity contribution in [2.45, 2.75) is 10.2 Å². The van der Waals surface area contributed by atoms with Gasteiger partial charge in [-0.15, -0.1) is 0 Å². The van der Waals surface area contributed by atoms with Gasteiger partial charge in [-0.05, 0) is 36.0 Å². The molecule has 0 N–H and O–H groups in total. The van der Waals surface area contributed by atoms with Crippen LogP contribution in [0.2, 0.25) is 5.02 Å². The Morgan fingerprint density at radius 1 is 1.12 bits per heavy atom. The number of pyridine rings is 2. The highest BCUT2D eigenvalue weighted by molar-refractivity contribution is 7.99. The minimum absolute atomic E-state index is 0.218. The van der Waals surface area contributed by atoms with Crippen molar-refractivity contribution in [3.8, 4) is 0 Å². The molecule has 3 aromatic heterocycles. The van der Waals surface area contributed by atoms with Crippen LogP contribution in [0.15, 0.2) is 65.4 Å². The summed E-state index contributed by atoms with van der Waals surface area (Å²) in [6.07, 6.45) is 8.04. The Labute approximate surface area is 148 Å². The third-order valence-electron chi connectivity index (χ3n) is 3.12. The number of halogens is 1. The van der Waals surface area contributed by atoms with Crippen molar-refractivity contribution in [3.05, 3.63) is 65.8 Å². The Bertz CT molecular complexity index is 848. The monoisotopic (exact) mass is 357 g/mol. The Kier molecular flexibility index (Phi) is 5.02. The number of hydrogen-bond donors (Lipinski definition) is 0. The molecule has 0 aliphatic carbocycles. The minimum Gasteiger partial charge on any atom is -0.310 e. The Morgan fingerprint density at radius 2 is 1.92 bits per heavy atom. The Morgan fingerprint density at radius 3 is 2.58 bits per heavy atom. The first kappa shape index (κ1) is 16.4. The van der Waals surface area contributed by atoms with E-state index >= 15 is 0 Å². The molecule has 6 nitrogen and oxygen atoms in total. The molecule has 0 radical (unpaired) electrons. The number of carbonyl (C=O) groups is 1. The number of carbonyl (C=O) groups excluding carboxylic acids is 1. The summed E-state index contributed by atoms with van der Waals surface area (Å²) in [5.41, 5.74) is 1.08. The topological polar surface area (TPSA) is 71.9 Å². The normalized spacial score (nSPS) is 10.4. The molecule has 3 rings (SSSR count). The smallest absolute Gasteiger partial charge is 0.259 e. The summed E-state index contributed by atoms with van der Waals surface area (Å²) in [7, 11) is 1.67. The molecule has 0 bridgehead atoms. The molecule has 0 spiro atoms. The Balaban J connectivity index is 1.80. The van der Waals surface area contributed by atoms with E-state index in [1.54, 1.807) is 56.1 Å². The first-order chi connectivity index (χ1) is 11.6. The van der Waals surface area contributed by atoms with Crippen LogP contribution in [0.4, 0.5) is 5.69 Å². The van der Waals surface area contributed by atoms with E-state index < -0.39 is 0 Å². The van der Waals surface area contributed by atoms with Gasteiger partial charge < -0.3 is 4.90 Å². The quantitative estimate of drug-likeness (QED) is 0.667. The van der Waals surface area contributed by atoms with Gasteiger partial charge in [0.25, 0.3) is 5.91 Å². The van der Waals surface area contributed by atoms with Crippen molar-refractivity contribution in [1.82, 2.24) is 19.9 Å². The zero-order valence-electron chi connectivity index (χ0n) is 12.6. The lowest BCUT2D eigenvalue weighted by molar-refractivity contribution is 0.0992. The van der Waals surface area contributed by atoms with Gasteiger partial charge in [0.2, 0.25) is 0 Å². The van der Waals surface area contributed by atoms with Gasteiger partial charge >= 0.3 is 0 Å². The highest BCUT2D eigenvalue weighted by atomic mass is 35.5. The molecule has 0 saturated heterocycles. The molecule has 0 aromatic carbocycles. The SMILES string of the molecule is CN(C(=O)c1cnc(Sc2ncccn2)c(Cl)c1)c1cccnc1. The van der Waals surface area contributed by atoms with Gasteiger partial charge in [-0.3, -0.25) is 9.78 Å². The van der Waals surface area contributed by atoms with Crippen molar-refractivity contribution >= 4 is 35.0 Å². The Hall–Kier alpha value is -2.51. The van der Waals surface area contributed by atoms with Crippen LogP contribution >= 0.6 is 23.4 Å². The van der Waals surface area contributed by atoms with E-state index in [0.29, 0.717) is 26.5 Å². The van der Waals surface area contributed by atoms with Crippen LogP contribution in [-0.4, -0.2) is 32.9 Å². The molecule has 24 heavy (non-hydrogen) atoms. The predicted molar refractivity (Wildman–Crippen MR) is 92.4 cm³/mol. The molecule has 0 aliphatic heterocycles. The van der Waals surface area contributed by atoms with Crippen LogP contribution in [0.3, 0.4) is 0 Å². The maximum atomic E-state index is 12.5. The number of rotatable bonds is 4. The predicted octanol–water partition coefficient (Wildman–Crippen LogP) is 3.35. The molecule has 3 aromatic rings. The van der Waals surface area contributed by atoms with Crippen LogP contribution in [0.25, 0.3) is 0 Å². The molecule has 3 heterocycles. The van der Waals surface area contributed by atoms with Gasteiger partial charge in [-0.2, -0.15) is 0 Å². The molecule has 8 heteroatoms. The molecule has 0 saturated carbocycles. The average molecular weight is 358 g/mol. The van der Waals surface area contributed by atoms with Crippen molar-refractivity contribution in [3.63, 3.8) is 0 Å². The first-order valence-electron chi connectivity index (χ1n) is 6.93. The highest BCUT2D eigenvalue weighted by Gasteiger charge is 2.16. The summed E-state index contributed by atoms with van der Waals surface area (Å²) < 4.78 is 0. The minimum atomic E-state index is -0.218. The van der Waals surface area contributed by atoms with Gasteiger partial charge in [0.15, 0.2) is 5.16 Å². The van der Waals surface area contributed by atoms with E-state index in [4.69, 9.17) is 11.6 Å². The number of anilines is 1. The van der Waals surface area contributed by atoms with Gasteiger partial charge in [0.05, 0.1) is 22.5 Å². The molecular weight excluding hydrogens is 346 g/mol. The highest BCUT2D eigenvalue weighted by Crippen LogP contribution is 2.29.